The summed E-state index contributed by atoms with van der Waals surface area (Å²) in [5.41, 5.74) is 1.20. The van der Waals surface area contributed by atoms with Gasteiger partial charge in [0.15, 0.2) is 5.69 Å². The van der Waals surface area contributed by atoms with Gasteiger partial charge < -0.3 is 10.2 Å². The number of amides is 1. The maximum Gasteiger partial charge on any atom is 0.274 e. The number of aromatic nitrogens is 2. The zero-order valence-electron chi connectivity index (χ0n) is 11.8. The van der Waals surface area contributed by atoms with Gasteiger partial charge >= 0.3 is 0 Å². The number of nitrogens with zero attached hydrogens (tertiary/aromatic N) is 3. The maximum absolute atomic E-state index is 12.5. The Morgan fingerprint density at radius 3 is 2.95 bits per heavy atom. The molecule has 1 aliphatic rings. The molecular weight excluding hydrogens is 288 g/mol. The third-order valence-corrected chi connectivity index (χ3v) is 4.13. The first kappa shape index (κ1) is 14.1. The second-order valence-corrected chi connectivity index (χ2v) is 5.57. The number of para-hydroxylation sites is 1. The van der Waals surface area contributed by atoms with Gasteiger partial charge in [-0.05, 0) is 31.2 Å². The number of halogens is 1. The molecule has 21 heavy (non-hydrogen) atoms. The summed E-state index contributed by atoms with van der Waals surface area (Å²) < 4.78 is 1.64. The lowest BCUT2D eigenvalue weighted by atomic mass is 10.2. The number of likely N-dealkylation sites (N-methyl/N-ethyl adjacent to an activating group) is 1. The number of hydrogen-bond donors (Lipinski definition) is 1. The minimum Gasteiger partial charge on any atom is -0.336 e. The standard InChI is InChI=1S/C15H17ClN4O/c1-19(11-6-8-17-10-11)15(21)13-7-9-20(18-13)14-5-3-2-4-12(14)16/h2-5,7,9,11,17H,6,8,10H2,1H3/t11-/m0/s1. The van der Waals surface area contributed by atoms with Crippen LogP contribution < -0.4 is 5.32 Å². The summed E-state index contributed by atoms with van der Waals surface area (Å²) >= 11 is 6.15. The fraction of sp³-hybridized carbons (Fsp3) is 0.333. The van der Waals surface area contributed by atoms with E-state index < -0.39 is 0 Å². The molecule has 110 valence electrons. The predicted octanol–water partition coefficient (Wildman–Crippen LogP) is 1.96. The quantitative estimate of drug-likeness (QED) is 0.943. The smallest absolute Gasteiger partial charge is 0.274 e. The third-order valence-electron chi connectivity index (χ3n) is 3.81. The summed E-state index contributed by atoms with van der Waals surface area (Å²) in [6.07, 6.45) is 2.74. The molecule has 1 N–H and O–H groups in total. The van der Waals surface area contributed by atoms with Crippen LogP contribution in [0.2, 0.25) is 5.02 Å². The van der Waals surface area contributed by atoms with E-state index in [9.17, 15) is 4.79 Å². The number of rotatable bonds is 3. The van der Waals surface area contributed by atoms with Gasteiger partial charge in [-0.2, -0.15) is 5.10 Å². The van der Waals surface area contributed by atoms with Gasteiger partial charge in [-0.1, -0.05) is 23.7 Å². The Morgan fingerprint density at radius 1 is 1.43 bits per heavy atom. The molecule has 0 unspecified atom stereocenters. The minimum absolute atomic E-state index is 0.0606. The van der Waals surface area contributed by atoms with Crippen molar-refractivity contribution in [2.24, 2.45) is 0 Å². The van der Waals surface area contributed by atoms with Crippen molar-refractivity contribution in [3.63, 3.8) is 0 Å². The molecule has 0 saturated carbocycles. The summed E-state index contributed by atoms with van der Waals surface area (Å²) in [5, 5.41) is 8.22. The van der Waals surface area contributed by atoms with Crippen LogP contribution in [-0.4, -0.2) is 46.8 Å². The molecule has 1 fully saturated rings. The zero-order chi connectivity index (χ0) is 14.8. The first-order valence-electron chi connectivity index (χ1n) is 6.95. The van der Waals surface area contributed by atoms with Crippen molar-refractivity contribution in [3.8, 4) is 5.69 Å². The lowest BCUT2D eigenvalue weighted by molar-refractivity contribution is 0.0737. The van der Waals surface area contributed by atoms with Crippen LogP contribution in [0.3, 0.4) is 0 Å². The Kier molecular flexibility index (Phi) is 3.94. The molecule has 1 aliphatic heterocycles. The van der Waals surface area contributed by atoms with Gasteiger partial charge in [-0.3, -0.25) is 4.79 Å². The van der Waals surface area contributed by atoms with Crippen LogP contribution in [0.4, 0.5) is 0 Å². The van der Waals surface area contributed by atoms with Gasteiger partial charge in [0, 0.05) is 25.8 Å². The van der Waals surface area contributed by atoms with Crippen LogP contribution in [0.25, 0.3) is 5.69 Å². The van der Waals surface area contributed by atoms with E-state index in [1.807, 2.05) is 25.2 Å². The zero-order valence-corrected chi connectivity index (χ0v) is 12.5. The number of carbonyl (C=O) groups excluding carboxylic acids is 1. The summed E-state index contributed by atoms with van der Waals surface area (Å²) in [6.45, 7) is 1.80. The van der Waals surface area contributed by atoms with E-state index >= 15 is 0 Å². The summed E-state index contributed by atoms with van der Waals surface area (Å²) in [7, 11) is 1.83. The molecule has 0 aliphatic carbocycles. The van der Waals surface area contributed by atoms with E-state index in [0.29, 0.717) is 10.7 Å². The fourth-order valence-electron chi connectivity index (χ4n) is 2.53. The molecule has 1 amide bonds. The second-order valence-electron chi connectivity index (χ2n) is 5.16. The number of benzene rings is 1. The largest absolute Gasteiger partial charge is 0.336 e. The van der Waals surface area contributed by atoms with E-state index in [1.54, 1.807) is 27.9 Å². The summed E-state index contributed by atoms with van der Waals surface area (Å²) in [5.74, 6) is -0.0606. The summed E-state index contributed by atoms with van der Waals surface area (Å²) in [4.78, 5) is 14.2. The van der Waals surface area contributed by atoms with Crippen molar-refractivity contribution in [2.75, 3.05) is 20.1 Å². The third kappa shape index (κ3) is 2.80. The molecule has 2 heterocycles. The minimum atomic E-state index is -0.0606. The molecule has 0 bridgehead atoms. The van der Waals surface area contributed by atoms with Gasteiger partial charge in [0.2, 0.25) is 0 Å². The molecule has 0 radical (unpaired) electrons. The molecular formula is C15H17ClN4O. The van der Waals surface area contributed by atoms with Crippen LogP contribution >= 0.6 is 11.6 Å². The van der Waals surface area contributed by atoms with Gasteiger partial charge in [0.05, 0.1) is 10.7 Å². The topological polar surface area (TPSA) is 50.2 Å². The van der Waals surface area contributed by atoms with Crippen LogP contribution in [-0.2, 0) is 0 Å². The van der Waals surface area contributed by atoms with Crippen molar-refractivity contribution < 1.29 is 4.79 Å². The first-order valence-corrected chi connectivity index (χ1v) is 7.33. The number of nitrogens with one attached hydrogen (secondary N) is 1. The van der Waals surface area contributed by atoms with Crippen LogP contribution in [0.1, 0.15) is 16.9 Å². The van der Waals surface area contributed by atoms with Crippen molar-refractivity contribution in [2.45, 2.75) is 12.5 Å². The lowest BCUT2D eigenvalue weighted by Crippen LogP contribution is -2.38. The highest BCUT2D eigenvalue weighted by Crippen LogP contribution is 2.19. The maximum atomic E-state index is 12.5. The van der Waals surface area contributed by atoms with E-state index in [1.165, 1.54) is 0 Å². The Hall–Kier alpha value is -1.85. The highest BCUT2D eigenvalue weighted by atomic mass is 35.5. The van der Waals surface area contributed by atoms with Gasteiger partial charge in [0.25, 0.3) is 5.91 Å². The monoisotopic (exact) mass is 304 g/mol. The average Bonchev–Trinajstić information content (AvgIpc) is 3.17. The molecule has 1 aromatic heterocycles. The van der Waals surface area contributed by atoms with Crippen molar-refractivity contribution in [1.82, 2.24) is 20.0 Å². The van der Waals surface area contributed by atoms with Crippen LogP contribution in [0, 0.1) is 0 Å². The summed E-state index contributed by atoms with van der Waals surface area (Å²) in [6, 6.07) is 9.39. The molecule has 5 nitrogen and oxygen atoms in total. The SMILES string of the molecule is CN(C(=O)c1ccn(-c2ccccc2Cl)n1)[C@H]1CCNC1. The lowest BCUT2D eigenvalue weighted by Gasteiger charge is -2.22. The van der Waals surface area contributed by atoms with E-state index in [2.05, 4.69) is 10.4 Å². The molecule has 2 aromatic rings. The van der Waals surface area contributed by atoms with Gasteiger partial charge in [-0.15, -0.1) is 0 Å². The van der Waals surface area contributed by atoms with Crippen molar-refractivity contribution in [3.05, 3.63) is 47.2 Å². The number of hydrogen-bond acceptors (Lipinski definition) is 3. The number of carbonyl (C=O) groups is 1. The Labute approximate surface area is 128 Å². The highest BCUT2D eigenvalue weighted by Gasteiger charge is 2.25. The fourth-order valence-corrected chi connectivity index (χ4v) is 2.75. The van der Waals surface area contributed by atoms with Crippen molar-refractivity contribution >= 4 is 17.5 Å². The Morgan fingerprint density at radius 2 is 2.24 bits per heavy atom. The van der Waals surface area contributed by atoms with E-state index in [4.69, 9.17) is 11.6 Å². The van der Waals surface area contributed by atoms with Gasteiger partial charge in [-0.25, -0.2) is 4.68 Å². The van der Waals surface area contributed by atoms with E-state index in [0.717, 1.165) is 25.2 Å². The molecule has 1 aromatic carbocycles. The molecule has 3 rings (SSSR count). The second kappa shape index (κ2) is 5.87. The van der Waals surface area contributed by atoms with Crippen LogP contribution in [0.5, 0.6) is 0 Å². The molecule has 6 heteroatoms. The predicted molar refractivity (Wildman–Crippen MR) is 81.9 cm³/mol. The van der Waals surface area contributed by atoms with Crippen LogP contribution in [0.15, 0.2) is 36.5 Å². The molecule has 1 saturated heterocycles. The Balaban J connectivity index is 1.81. The highest BCUT2D eigenvalue weighted by molar-refractivity contribution is 6.32. The molecule has 0 spiro atoms. The normalized spacial score (nSPS) is 17.9. The first-order chi connectivity index (χ1) is 10.2. The average molecular weight is 305 g/mol. The Bertz CT molecular complexity index is 649. The molecule has 1 atom stereocenters. The van der Waals surface area contributed by atoms with E-state index in [-0.39, 0.29) is 11.9 Å². The van der Waals surface area contributed by atoms with Crippen molar-refractivity contribution in [1.29, 1.82) is 0 Å². The van der Waals surface area contributed by atoms with Gasteiger partial charge in [0.1, 0.15) is 0 Å².